The van der Waals surface area contributed by atoms with E-state index < -0.39 is 92.1 Å². The van der Waals surface area contributed by atoms with Crippen molar-refractivity contribution >= 4 is 37.2 Å². The van der Waals surface area contributed by atoms with Crippen LogP contribution in [0.5, 0.6) is 0 Å². The lowest BCUT2D eigenvalue weighted by Crippen LogP contribution is -2.72. The number of hydrogen-bond acceptors (Lipinski definition) is 5. The smallest absolute Gasteiger partial charge is 0.315 e. The molecular formula is C18H13ClF9NO5S. The van der Waals surface area contributed by atoms with Crippen LogP contribution in [-0.4, -0.2) is 61.4 Å². The molecule has 196 valence electrons. The summed E-state index contributed by atoms with van der Waals surface area (Å²) in [4.78, 5) is 34.7. The lowest BCUT2D eigenvalue weighted by atomic mass is 9.72. The third-order valence-corrected chi connectivity index (χ3v) is 6.66. The van der Waals surface area contributed by atoms with E-state index >= 15 is 0 Å². The first-order valence-corrected chi connectivity index (χ1v) is 11.6. The van der Waals surface area contributed by atoms with E-state index in [9.17, 15) is 62.3 Å². The molecule has 0 N–H and O–H groups in total. The third kappa shape index (κ3) is 6.08. The van der Waals surface area contributed by atoms with Crippen LogP contribution in [0.3, 0.4) is 0 Å². The number of benzene rings is 1. The minimum Gasteiger partial charge on any atom is -0.315 e. The van der Waals surface area contributed by atoms with Crippen molar-refractivity contribution in [3.8, 4) is 0 Å². The fourth-order valence-corrected chi connectivity index (χ4v) is 4.63. The highest BCUT2D eigenvalue weighted by Gasteiger charge is 2.70. The first-order chi connectivity index (χ1) is 15.6. The molecule has 0 saturated carbocycles. The second-order valence-electron chi connectivity index (χ2n) is 7.61. The van der Waals surface area contributed by atoms with Gasteiger partial charge in [0.2, 0.25) is 0 Å². The van der Waals surface area contributed by atoms with Crippen LogP contribution in [0.25, 0.3) is 0 Å². The molecule has 1 fully saturated rings. The van der Waals surface area contributed by atoms with Gasteiger partial charge in [-0.3, -0.25) is 14.4 Å². The molecule has 17 heteroatoms. The summed E-state index contributed by atoms with van der Waals surface area (Å²) >= 11 is 0. The van der Waals surface area contributed by atoms with Crippen LogP contribution in [0.1, 0.15) is 18.4 Å². The Hall–Kier alpha value is -2.36. The van der Waals surface area contributed by atoms with Gasteiger partial charge in [-0.15, -0.1) is 0 Å². The molecule has 1 aliphatic heterocycles. The first-order valence-electron chi connectivity index (χ1n) is 9.27. The summed E-state index contributed by atoms with van der Waals surface area (Å²) < 4.78 is 142. The summed E-state index contributed by atoms with van der Waals surface area (Å²) in [5, 5.41) is 0. The first kappa shape index (κ1) is 28.9. The van der Waals surface area contributed by atoms with Crippen molar-refractivity contribution in [1.29, 1.82) is 0 Å². The monoisotopic (exact) mass is 561 g/mol. The summed E-state index contributed by atoms with van der Waals surface area (Å²) in [6.07, 6.45) is -21.2. The van der Waals surface area contributed by atoms with Crippen molar-refractivity contribution in [3.05, 3.63) is 29.8 Å². The Morgan fingerprint density at radius 2 is 1.34 bits per heavy atom. The standard InChI is InChI=1S/C18H13ClF9NO5S/c19-35(33,34)11-3-1-9(2-4-11)7-10-5-6-29(14(32)18(26,27)28)15(8-10,12(30)16(20,21)22)13(31)17(23,24)25/h1-4,10H,5-8H2. The number of rotatable bonds is 5. The molecule has 1 saturated heterocycles. The molecule has 0 bridgehead atoms. The molecule has 1 aliphatic rings. The van der Waals surface area contributed by atoms with Gasteiger partial charge in [0.15, 0.2) is 5.54 Å². The number of piperidine rings is 1. The fourth-order valence-electron chi connectivity index (χ4n) is 3.86. The highest BCUT2D eigenvalue weighted by Crippen LogP contribution is 2.44. The van der Waals surface area contributed by atoms with Crippen LogP contribution in [-0.2, 0) is 29.9 Å². The van der Waals surface area contributed by atoms with E-state index in [1.807, 2.05) is 0 Å². The minimum absolute atomic E-state index is 0.0995. The fraction of sp³-hybridized carbons (Fsp3) is 0.500. The van der Waals surface area contributed by atoms with Crippen LogP contribution in [0.15, 0.2) is 29.2 Å². The minimum atomic E-state index is -6.21. The van der Waals surface area contributed by atoms with E-state index in [2.05, 4.69) is 0 Å². The molecule has 0 aromatic heterocycles. The highest BCUT2D eigenvalue weighted by atomic mass is 35.7. The second-order valence-corrected chi connectivity index (χ2v) is 10.2. The number of Topliss-reactive ketones (excluding diaryl/α,β-unsaturated/α-hetero) is 2. The molecular weight excluding hydrogens is 549 g/mol. The molecule has 0 aliphatic carbocycles. The zero-order valence-corrected chi connectivity index (χ0v) is 18.5. The molecule has 1 atom stereocenters. The number of carbonyl (C=O) groups is 3. The van der Waals surface area contributed by atoms with Gasteiger partial charge in [0, 0.05) is 17.2 Å². The van der Waals surface area contributed by atoms with Gasteiger partial charge in [0.1, 0.15) is 0 Å². The Labute approximate surface area is 195 Å². The van der Waals surface area contributed by atoms with Gasteiger partial charge in [-0.1, -0.05) is 12.1 Å². The van der Waals surface area contributed by atoms with Crippen molar-refractivity contribution in [1.82, 2.24) is 4.90 Å². The van der Waals surface area contributed by atoms with Crippen molar-refractivity contribution in [2.75, 3.05) is 6.54 Å². The average molecular weight is 562 g/mol. The number of carbonyl (C=O) groups excluding carboxylic acids is 3. The maximum atomic E-state index is 13.3. The molecule has 6 nitrogen and oxygen atoms in total. The molecule has 2 rings (SSSR count). The van der Waals surface area contributed by atoms with Crippen molar-refractivity contribution in [2.45, 2.75) is 48.2 Å². The number of alkyl halides is 9. The molecule has 0 spiro atoms. The number of ketones is 2. The molecule has 1 heterocycles. The predicted molar refractivity (Wildman–Crippen MR) is 98.5 cm³/mol. The second kappa shape index (κ2) is 9.26. The number of likely N-dealkylation sites (tertiary alicyclic amines) is 1. The van der Waals surface area contributed by atoms with E-state index in [0.717, 1.165) is 24.3 Å². The summed E-state index contributed by atoms with van der Waals surface area (Å²) in [7, 11) is 0.958. The molecule has 1 amide bonds. The van der Waals surface area contributed by atoms with Gasteiger partial charge in [-0.05, 0) is 42.9 Å². The summed E-state index contributed by atoms with van der Waals surface area (Å²) in [6.45, 7) is -1.42. The maximum absolute atomic E-state index is 13.3. The lowest BCUT2D eigenvalue weighted by molar-refractivity contribution is -0.216. The van der Waals surface area contributed by atoms with E-state index in [1.54, 1.807) is 0 Å². The van der Waals surface area contributed by atoms with Crippen LogP contribution >= 0.6 is 10.7 Å². The predicted octanol–water partition coefficient (Wildman–Crippen LogP) is 3.96. The average Bonchev–Trinajstić information content (AvgIpc) is 2.69. The van der Waals surface area contributed by atoms with E-state index in [-0.39, 0.29) is 5.56 Å². The van der Waals surface area contributed by atoms with Gasteiger partial charge in [0.05, 0.1) is 4.90 Å². The Kier molecular flexibility index (Phi) is 7.64. The van der Waals surface area contributed by atoms with E-state index in [0.29, 0.717) is 0 Å². The van der Waals surface area contributed by atoms with E-state index in [4.69, 9.17) is 10.7 Å². The van der Waals surface area contributed by atoms with Gasteiger partial charge in [-0.2, -0.15) is 39.5 Å². The molecule has 35 heavy (non-hydrogen) atoms. The summed E-state index contributed by atoms with van der Waals surface area (Å²) in [6, 6.07) is 4.08. The summed E-state index contributed by atoms with van der Waals surface area (Å²) in [5.74, 6) is -11.5. The number of nitrogens with zero attached hydrogens (tertiary/aromatic N) is 1. The zero-order valence-electron chi connectivity index (χ0n) is 16.9. The molecule has 1 unspecified atom stereocenters. The quantitative estimate of drug-likeness (QED) is 0.309. The van der Waals surface area contributed by atoms with Crippen molar-refractivity contribution in [3.63, 3.8) is 0 Å². The van der Waals surface area contributed by atoms with Crippen LogP contribution in [0.4, 0.5) is 39.5 Å². The SMILES string of the molecule is O=C(N1CCC(Cc2ccc(S(=O)(=O)Cl)cc2)CC1(C(=O)C(F)(F)F)C(=O)C(F)(F)F)C(F)(F)F. The molecule has 1 aromatic rings. The molecule has 0 radical (unpaired) electrons. The van der Waals surface area contributed by atoms with Gasteiger partial charge >= 0.3 is 24.4 Å². The zero-order chi connectivity index (χ0) is 27.2. The summed E-state index contributed by atoms with van der Waals surface area (Å²) in [5.41, 5.74) is -4.44. The number of amides is 1. The van der Waals surface area contributed by atoms with Crippen molar-refractivity contribution in [2.24, 2.45) is 5.92 Å². The van der Waals surface area contributed by atoms with Crippen LogP contribution in [0, 0.1) is 5.92 Å². The Morgan fingerprint density at radius 1 is 0.886 bits per heavy atom. The van der Waals surface area contributed by atoms with Gasteiger partial charge in [0.25, 0.3) is 20.6 Å². The lowest BCUT2D eigenvalue weighted by Gasteiger charge is -2.47. The van der Waals surface area contributed by atoms with Crippen LogP contribution in [0.2, 0.25) is 0 Å². The third-order valence-electron chi connectivity index (χ3n) is 5.29. The largest absolute Gasteiger partial charge is 0.471 e. The maximum Gasteiger partial charge on any atom is 0.471 e. The van der Waals surface area contributed by atoms with Crippen molar-refractivity contribution < 1.29 is 62.3 Å². The topological polar surface area (TPSA) is 88.6 Å². The Bertz CT molecular complexity index is 1090. The van der Waals surface area contributed by atoms with E-state index in [1.165, 1.54) is 0 Å². The number of halogens is 10. The van der Waals surface area contributed by atoms with Crippen LogP contribution < -0.4 is 0 Å². The van der Waals surface area contributed by atoms with Gasteiger partial charge in [-0.25, -0.2) is 8.42 Å². The highest BCUT2D eigenvalue weighted by molar-refractivity contribution is 8.13. The Balaban J connectivity index is 2.60. The molecule has 1 aromatic carbocycles. The Morgan fingerprint density at radius 3 is 1.71 bits per heavy atom. The van der Waals surface area contributed by atoms with Gasteiger partial charge < -0.3 is 4.90 Å². The normalized spacial score (nSPS) is 19.4. The number of hydrogen-bond donors (Lipinski definition) is 0.